The smallest absolute Gasteiger partial charge is 0.416 e. The molecule has 0 aliphatic carbocycles. The zero-order valence-corrected chi connectivity index (χ0v) is 24.8. The molecule has 2 aliphatic rings. The minimum Gasteiger partial charge on any atom is -0.464 e. The van der Waals surface area contributed by atoms with Gasteiger partial charge in [0.05, 0.1) is 17.3 Å². The van der Waals surface area contributed by atoms with Crippen molar-refractivity contribution in [2.45, 2.75) is 62.7 Å². The van der Waals surface area contributed by atoms with Gasteiger partial charge in [-0.15, -0.1) is 0 Å². The second kappa shape index (κ2) is 9.61. The monoisotopic (exact) mass is 572 g/mol. The van der Waals surface area contributed by atoms with E-state index in [2.05, 4.69) is 38.8 Å². The number of carboxylic acid groups (broad SMARTS) is 1. The molecule has 1 aromatic carbocycles. The summed E-state index contributed by atoms with van der Waals surface area (Å²) in [5, 5.41) is 10.9. The second-order valence-corrected chi connectivity index (χ2v) is 18.6. The van der Waals surface area contributed by atoms with E-state index in [1.807, 2.05) is 11.0 Å². The van der Waals surface area contributed by atoms with E-state index in [1.165, 1.54) is 10.4 Å². The van der Waals surface area contributed by atoms with E-state index >= 15 is 0 Å². The van der Waals surface area contributed by atoms with E-state index in [0.29, 0.717) is 54.2 Å². The first-order valence-corrected chi connectivity index (χ1v) is 17.6. The molecule has 210 valence electrons. The topological polar surface area (TPSA) is 125 Å². The fourth-order valence-corrected chi connectivity index (χ4v) is 7.93. The highest BCUT2D eigenvalue weighted by Crippen LogP contribution is 2.40. The fraction of sp³-hybridized carbons (Fsp3) is 0.481. The lowest BCUT2D eigenvalue weighted by Crippen LogP contribution is -2.44. The van der Waals surface area contributed by atoms with E-state index in [4.69, 9.17) is 4.43 Å². The van der Waals surface area contributed by atoms with Crippen molar-refractivity contribution in [1.29, 1.82) is 0 Å². The summed E-state index contributed by atoms with van der Waals surface area (Å²) in [6.45, 7) is 12.7. The molecule has 2 saturated heterocycles. The summed E-state index contributed by atoms with van der Waals surface area (Å²) >= 11 is 0. The summed E-state index contributed by atoms with van der Waals surface area (Å²) in [5.41, 5.74) is 0.404. The third-order valence-electron chi connectivity index (χ3n) is 8.33. The molecule has 0 radical (unpaired) electrons. The first-order chi connectivity index (χ1) is 18.2. The third-order valence-corrected chi connectivity index (χ3v) is 14.8. The average molecular weight is 573 g/mol. The number of pyridine rings is 1. The number of benzene rings is 1. The van der Waals surface area contributed by atoms with Gasteiger partial charge in [-0.1, -0.05) is 39.0 Å². The molecular formula is C27H36N4O6SSi. The molecule has 0 amide bonds. The van der Waals surface area contributed by atoms with Crippen molar-refractivity contribution in [3.63, 3.8) is 0 Å². The number of nitrogens with zero attached hydrogens (tertiary/aromatic N) is 3. The van der Waals surface area contributed by atoms with Gasteiger partial charge in [-0.3, -0.25) is 4.79 Å². The molecular weight excluding hydrogens is 536 g/mol. The molecule has 0 spiro atoms. The van der Waals surface area contributed by atoms with E-state index in [9.17, 15) is 23.1 Å². The van der Waals surface area contributed by atoms with Crippen molar-refractivity contribution in [1.82, 2.24) is 13.9 Å². The third kappa shape index (κ3) is 4.83. The summed E-state index contributed by atoms with van der Waals surface area (Å²) < 4.78 is 35.6. The second-order valence-electron chi connectivity index (χ2n) is 11.9. The van der Waals surface area contributed by atoms with Crippen LogP contribution in [0.15, 0.2) is 46.1 Å². The van der Waals surface area contributed by atoms with Crippen molar-refractivity contribution in [2.75, 3.05) is 31.1 Å². The number of aromatic amines is 1. The van der Waals surface area contributed by atoms with Gasteiger partial charge in [0.1, 0.15) is 10.7 Å². The number of hydrogen-bond acceptors (Lipinski definition) is 6. The molecule has 2 fully saturated rings. The summed E-state index contributed by atoms with van der Waals surface area (Å²) in [6.07, 6.45) is 0.218. The molecule has 4 heterocycles. The van der Waals surface area contributed by atoms with Gasteiger partial charge in [-0.25, -0.2) is 17.8 Å². The van der Waals surface area contributed by atoms with Crippen molar-refractivity contribution < 1.29 is 22.7 Å². The Morgan fingerprint density at radius 3 is 2.44 bits per heavy atom. The van der Waals surface area contributed by atoms with Crippen LogP contribution in [0.5, 0.6) is 0 Å². The van der Waals surface area contributed by atoms with Crippen molar-refractivity contribution in [3.8, 4) is 11.3 Å². The number of carbonyl (C=O) groups is 1. The summed E-state index contributed by atoms with van der Waals surface area (Å²) in [5.74, 6) is 0.397. The molecule has 5 rings (SSSR count). The van der Waals surface area contributed by atoms with E-state index in [-0.39, 0.29) is 16.0 Å². The Morgan fingerprint density at radius 2 is 1.82 bits per heavy atom. The molecule has 39 heavy (non-hydrogen) atoms. The standard InChI is InChI=1S/C27H36N4O6SSi/c1-27(2,3)39(4,5)37-19-11-14-29(17-19)24-20(16-23(25(32)28-24)38(35,36)30-12-8-13-30)22-15-18-9-6-7-10-21(18)31(22)26(33)34/h6-7,9-10,15-16,19H,8,11-14,17H2,1-5H3,(H,28,32)(H,33,34)/t19-/m0/s1. The largest absolute Gasteiger partial charge is 0.464 e. The molecule has 0 unspecified atom stereocenters. The maximum atomic E-state index is 13.3. The van der Waals surface area contributed by atoms with Crippen LogP contribution in [-0.2, 0) is 14.4 Å². The molecule has 3 aromatic rings. The predicted octanol–water partition coefficient (Wildman–Crippen LogP) is 4.52. The van der Waals surface area contributed by atoms with Gasteiger partial charge in [-0.2, -0.15) is 4.31 Å². The molecule has 1 atom stereocenters. The summed E-state index contributed by atoms with van der Waals surface area (Å²) in [4.78, 5) is 30.1. The van der Waals surface area contributed by atoms with Crippen LogP contribution in [0.25, 0.3) is 22.2 Å². The van der Waals surface area contributed by atoms with Crippen LogP contribution in [0.4, 0.5) is 10.6 Å². The number of sulfonamides is 1. The minimum atomic E-state index is -4.02. The Bertz CT molecular complexity index is 1600. The van der Waals surface area contributed by atoms with Crippen LogP contribution < -0.4 is 10.5 Å². The molecule has 0 bridgehead atoms. The highest BCUT2D eigenvalue weighted by molar-refractivity contribution is 7.89. The molecule has 12 heteroatoms. The zero-order chi connectivity index (χ0) is 28.3. The van der Waals surface area contributed by atoms with E-state index in [0.717, 1.165) is 17.4 Å². The molecule has 2 N–H and O–H groups in total. The average Bonchev–Trinajstić information content (AvgIpc) is 3.40. The van der Waals surface area contributed by atoms with Gasteiger partial charge >= 0.3 is 6.09 Å². The number of H-pyrrole nitrogens is 1. The Labute approximate surface area is 229 Å². The van der Waals surface area contributed by atoms with E-state index < -0.39 is 30.0 Å². The number of fused-ring (bicyclic) bond motifs is 1. The quantitative estimate of drug-likeness (QED) is 0.416. The maximum absolute atomic E-state index is 13.3. The Balaban J connectivity index is 1.64. The number of para-hydroxylation sites is 1. The van der Waals surface area contributed by atoms with Gasteiger partial charge in [0, 0.05) is 37.1 Å². The van der Waals surface area contributed by atoms with Gasteiger partial charge in [-0.05, 0) is 49.2 Å². The Morgan fingerprint density at radius 1 is 1.13 bits per heavy atom. The lowest BCUT2D eigenvalue weighted by molar-refractivity contribution is 0.197. The van der Waals surface area contributed by atoms with Crippen LogP contribution in [0, 0.1) is 0 Å². The number of aromatic nitrogens is 2. The van der Waals surface area contributed by atoms with Gasteiger partial charge in [0.2, 0.25) is 10.0 Å². The number of anilines is 1. The predicted molar refractivity (Wildman–Crippen MR) is 154 cm³/mol. The normalized spacial score (nSPS) is 19.0. The highest BCUT2D eigenvalue weighted by Gasteiger charge is 2.41. The van der Waals surface area contributed by atoms with Crippen molar-refractivity contribution in [2.24, 2.45) is 0 Å². The minimum absolute atomic E-state index is 0.0369. The number of hydrogen-bond donors (Lipinski definition) is 2. The lowest BCUT2D eigenvalue weighted by atomic mass is 10.1. The Kier molecular flexibility index (Phi) is 6.81. The van der Waals surface area contributed by atoms with E-state index in [1.54, 1.807) is 24.3 Å². The number of rotatable bonds is 6. The first-order valence-electron chi connectivity index (χ1n) is 13.2. The highest BCUT2D eigenvalue weighted by atomic mass is 32.2. The first kappa shape index (κ1) is 27.6. The lowest BCUT2D eigenvalue weighted by Gasteiger charge is -2.38. The molecule has 2 aromatic heterocycles. The van der Waals surface area contributed by atoms with Crippen LogP contribution in [-0.4, -0.2) is 74.1 Å². The SMILES string of the molecule is CC(C)(C)[Si](C)(C)O[C@H]1CCN(c2[nH]c(=O)c(S(=O)(=O)N3CCC3)cc2-c2cc3ccccc3n2C(=O)O)C1. The Hall–Kier alpha value is -2.93. The maximum Gasteiger partial charge on any atom is 0.416 e. The van der Waals surface area contributed by atoms with Crippen LogP contribution in [0.2, 0.25) is 18.1 Å². The number of nitrogens with one attached hydrogen (secondary N) is 1. The fourth-order valence-electron chi connectivity index (χ4n) is 4.98. The summed E-state index contributed by atoms with van der Waals surface area (Å²) in [6, 6.07) is 10.1. The van der Waals surface area contributed by atoms with Crippen LogP contribution in [0.3, 0.4) is 0 Å². The molecule has 0 saturated carbocycles. The summed E-state index contributed by atoms with van der Waals surface area (Å²) in [7, 11) is -6.07. The zero-order valence-electron chi connectivity index (χ0n) is 23.0. The van der Waals surface area contributed by atoms with Gasteiger partial charge < -0.3 is 19.4 Å². The van der Waals surface area contributed by atoms with Crippen molar-refractivity contribution >= 4 is 41.2 Å². The van der Waals surface area contributed by atoms with Crippen LogP contribution >= 0.6 is 0 Å². The molecule has 2 aliphatic heterocycles. The van der Waals surface area contributed by atoms with Gasteiger partial charge in [0.15, 0.2) is 8.32 Å². The van der Waals surface area contributed by atoms with Crippen LogP contribution in [0.1, 0.15) is 33.6 Å². The molecule has 10 nitrogen and oxygen atoms in total. The van der Waals surface area contributed by atoms with Crippen molar-refractivity contribution in [3.05, 3.63) is 46.8 Å². The van der Waals surface area contributed by atoms with Gasteiger partial charge in [0.25, 0.3) is 5.56 Å².